The minimum absolute atomic E-state index is 0.00431. The number of hydrogen-bond donors (Lipinski definition) is 0. The highest BCUT2D eigenvalue weighted by molar-refractivity contribution is 6.34. The Balaban J connectivity index is 2.24. The van der Waals surface area contributed by atoms with Crippen LogP contribution in [0.1, 0.15) is 35.9 Å². The van der Waals surface area contributed by atoms with E-state index in [1.54, 1.807) is 11.7 Å². The third kappa shape index (κ3) is 2.32. The molecule has 0 N–H and O–H groups in total. The van der Waals surface area contributed by atoms with Crippen LogP contribution in [0.2, 0.25) is 5.02 Å². The quantitative estimate of drug-likeness (QED) is 0.772. The van der Waals surface area contributed by atoms with E-state index in [0.717, 1.165) is 19.5 Å². The molecule has 0 aliphatic carbocycles. The normalized spacial score (nSPS) is 20.7. The molecule has 1 amide bonds. The van der Waals surface area contributed by atoms with Gasteiger partial charge in [-0.1, -0.05) is 18.5 Å². The summed E-state index contributed by atoms with van der Waals surface area (Å²) < 4.78 is 1.58. The Morgan fingerprint density at radius 2 is 2.24 bits per heavy atom. The summed E-state index contributed by atoms with van der Waals surface area (Å²) in [5.74, 6) is 0.574. The van der Waals surface area contributed by atoms with Gasteiger partial charge in [0.15, 0.2) is 0 Å². The van der Waals surface area contributed by atoms with Crippen molar-refractivity contribution in [2.24, 2.45) is 13.0 Å². The van der Waals surface area contributed by atoms with Crippen LogP contribution in [0.15, 0.2) is 0 Å². The topological polar surface area (TPSA) is 38.1 Å². The van der Waals surface area contributed by atoms with Crippen LogP contribution in [-0.2, 0) is 7.05 Å². The molecular formula is C12H18ClN3O. The average Bonchev–Trinajstić information content (AvgIpc) is 2.52. The molecule has 1 saturated heterocycles. The number of aromatic nitrogens is 2. The van der Waals surface area contributed by atoms with Gasteiger partial charge in [-0.15, -0.1) is 0 Å². The van der Waals surface area contributed by atoms with E-state index in [1.807, 2.05) is 11.8 Å². The Hall–Kier alpha value is -1.03. The van der Waals surface area contributed by atoms with Crippen molar-refractivity contribution >= 4 is 17.5 Å². The molecular weight excluding hydrogens is 238 g/mol. The lowest BCUT2D eigenvalue weighted by atomic mass is 10.00. The fourth-order valence-electron chi connectivity index (χ4n) is 2.39. The maximum Gasteiger partial charge on any atom is 0.273 e. The molecule has 1 aliphatic rings. The Morgan fingerprint density at radius 3 is 2.76 bits per heavy atom. The number of rotatable bonds is 1. The van der Waals surface area contributed by atoms with Crippen LogP contribution in [-0.4, -0.2) is 33.7 Å². The van der Waals surface area contributed by atoms with E-state index in [4.69, 9.17) is 11.6 Å². The van der Waals surface area contributed by atoms with Gasteiger partial charge in [-0.3, -0.25) is 9.48 Å². The van der Waals surface area contributed by atoms with Gasteiger partial charge in [-0.05, 0) is 25.7 Å². The molecule has 94 valence electrons. The predicted molar refractivity (Wildman–Crippen MR) is 67.3 cm³/mol. The van der Waals surface area contributed by atoms with Gasteiger partial charge >= 0.3 is 0 Å². The van der Waals surface area contributed by atoms with Crippen molar-refractivity contribution in [3.63, 3.8) is 0 Å². The molecule has 2 rings (SSSR count). The van der Waals surface area contributed by atoms with E-state index < -0.39 is 0 Å². The van der Waals surface area contributed by atoms with Crippen LogP contribution >= 0.6 is 11.6 Å². The molecule has 17 heavy (non-hydrogen) atoms. The third-order valence-corrected chi connectivity index (χ3v) is 3.75. The minimum Gasteiger partial charge on any atom is -0.337 e. The van der Waals surface area contributed by atoms with Crippen LogP contribution in [0, 0.1) is 12.8 Å². The molecule has 4 nitrogen and oxygen atoms in total. The number of piperidine rings is 1. The highest BCUT2D eigenvalue weighted by Crippen LogP contribution is 2.23. The first-order chi connectivity index (χ1) is 8.00. The van der Waals surface area contributed by atoms with Gasteiger partial charge in [0, 0.05) is 20.1 Å². The number of carbonyl (C=O) groups excluding carboxylic acids is 1. The lowest BCUT2D eigenvalue weighted by Gasteiger charge is -2.30. The summed E-state index contributed by atoms with van der Waals surface area (Å²) in [6.45, 7) is 5.64. The summed E-state index contributed by atoms with van der Waals surface area (Å²) in [7, 11) is 1.76. The second-order valence-electron chi connectivity index (χ2n) is 4.87. The molecule has 1 aromatic rings. The highest BCUT2D eigenvalue weighted by Gasteiger charge is 2.27. The Bertz CT molecular complexity index is 441. The summed E-state index contributed by atoms with van der Waals surface area (Å²) >= 11 is 6.13. The van der Waals surface area contributed by atoms with E-state index in [9.17, 15) is 4.79 Å². The minimum atomic E-state index is 0.00431. The van der Waals surface area contributed by atoms with Gasteiger partial charge in [-0.25, -0.2) is 0 Å². The van der Waals surface area contributed by atoms with Crippen molar-refractivity contribution in [1.82, 2.24) is 14.7 Å². The van der Waals surface area contributed by atoms with E-state index >= 15 is 0 Å². The molecule has 0 bridgehead atoms. The number of amides is 1. The maximum atomic E-state index is 12.4. The highest BCUT2D eigenvalue weighted by atomic mass is 35.5. The molecule has 0 unspecified atom stereocenters. The van der Waals surface area contributed by atoms with Gasteiger partial charge < -0.3 is 4.90 Å². The van der Waals surface area contributed by atoms with Gasteiger partial charge in [0.1, 0.15) is 5.69 Å². The summed E-state index contributed by atoms with van der Waals surface area (Å²) in [5, 5.41) is 4.66. The summed E-state index contributed by atoms with van der Waals surface area (Å²) in [6, 6.07) is 0. The smallest absolute Gasteiger partial charge is 0.273 e. The van der Waals surface area contributed by atoms with Gasteiger partial charge in [0.25, 0.3) is 5.91 Å². The summed E-state index contributed by atoms with van der Waals surface area (Å²) in [4.78, 5) is 14.3. The molecule has 1 aliphatic heterocycles. The van der Waals surface area contributed by atoms with Crippen molar-refractivity contribution in [1.29, 1.82) is 0 Å². The van der Waals surface area contributed by atoms with Crippen molar-refractivity contribution < 1.29 is 4.79 Å². The van der Waals surface area contributed by atoms with E-state index in [0.29, 0.717) is 22.3 Å². The molecule has 0 aromatic carbocycles. The molecule has 0 saturated carbocycles. The summed E-state index contributed by atoms with van der Waals surface area (Å²) in [5.41, 5.74) is 1.22. The molecule has 1 fully saturated rings. The zero-order valence-corrected chi connectivity index (χ0v) is 11.3. The van der Waals surface area contributed by atoms with Gasteiger partial charge in [0.2, 0.25) is 0 Å². The number of likely N-dealkylation sites (tertiary alicyclic amines) is 1. The van der Waals surface area contributed by atoms with E-state index in [-0.39, 0.29) is 5.91 Å². The van der Waals surface area contributed by atoms with E-state index in [2.05, 4.69) is 12.0 Å². The van der Waals surface area contributed by atoms with E-state index in [1.165, 1.54) is 6.42 Å². The molecule has 1 atom stereocenters. The van der Waals surface area contributed by atoms with Crippen molar-refractivity contribution in [3.05, 3.63) is 16.4 Å². The van der Waals surface area contributed by atoms with Gasteiger partial charge in [0.05, 0.1) is 10.7 Å². The van der Waals surface area contributed by atoms with Crippen LogP contribution in [0.3, 0.4) is 0 Å². The Kier molecular flexibility index (Phi) is 3.43. The zero-order chi connectivity index (χ0) is 12.6. The van der Waals surface area contributed by atoms with Crippen molar-refractivity contribution in [2.45, 2.75) is 26.7 Å². The van der Waals surface area contributed by atoms with Crippen LogP contribution in [0.4, 0.5) is 0 Å². The SMILES string of the molecule is Cc1nn(C)c(C(=O)N2CCC[C@@H](C)C2)c1Cl. The first-order valence-electron chi connectivity index (χ1n) is 5.99. The van der Waals surface area contributed by atoms with Crippen molar-refractivity contribution in [3.8, 4) is 0 Å². The van der Waals surface area contributed by atoms with Crippen LogP contribution < -0.4 is 0 Å². The Morgan fingerprint density at radius 1 is 1.53 bits per heavy atom. The largest absolute Gasteiger partial charge is 0.337 e. The first-order valence-corrected chi connectivity index (χ1v) is 6.37. The monoisotopic (exact) mass is 255 g/mol. The lowest BCUT2D eigenvalue weighted by Crippen LogP contribution is -2.40. The number of hydrogen-bond acceptors (Lipinski definition) is 2. The predicted octanol–water partition coefficient (Wildman–Crippen LogP) is 2.25. The number of halogens is 1. The van der Waals surface area contributed by atoms with Crippen LogP contribution in [0.25, 0.3) is 0 Å². The molecule has 5 heteroatoms. The lowest BCUT2D eigenvalue weighted by molar-refractivity contribution is 0.0672. The second kappa shape index (κ2) is 4.69. The second-order valence-corrected chi connectivity index (χ2v) is 5.25. The fraction of sp³-hybridized carbons (Fsp3) is 0.667. The Labute approximate surface area is 107 Å². The van der Waals surface area contributed by atoms with Crippen LogP contribution in [0.5, 0.6) is 0 Å². The standard InChI is InChI=1S/C12H18ClN3O/c1-8-5-4-6-16(7-8)12(17)11-10(13)9(2)14-15(11)3/h8H,4-7H2,1-3H3/t8-/m1/s1. The summed E-state index contributed by atoms with van der Waals surface area (Å²) in [6.07, 6.45) is 2.27. The molecule has 2 heterocycles. The average molecular weight is 256 g/mol. The molecule has 1 aromatic heterocycles. The number of carbonyl (C=O) groups is 1. The molecule has 0 spiro atoms. The zero-order valence-electron chi connectivity index (χ0n) is 10.5. The number of aryl methyl sites for hydroxylation is 2. The van der Waals surface area contributed by atoms with Crippen molar-refractivity contribution in [2.75, 3.05) is 13.1 Å². The van der Waals surface area contributed by atoms with Gasteiger partial charge in [-0.2, -0.15) is 5.10 Å². The number of nitrogens with zero attached hydrogens (tertiary/aromatic N) is 3. The third-order valence-electron chi connectivity index (χ3n) is 3.30. The fourth-order valence-corrected chi connectivity index (χ4v) is 2.63. The maximum absolute atomic E-state index is 12.4. The first kappa shape index (κ1) is 12.4. The molecule has 0 radical (unpaired) electrons.